The fraction of sp³-hybridized carbons (Fsp3) is 0.529. The lowest BCUT2D eigenvalue weighted by Crippen LogP contribution is -2.64. The maximum absolute atomic E-state index is 15.0. The molecule has 29 heteroatoms. The van der Waals surface area contributed by atoms with Gasteiger partial charge in [0.1, 0.15) is 54.6 Å². The molecule has 440 valence electrons. The number of hydrogen-bond donors (Lipinski definition) is 12. The number of carboxylic acid groups (broad SMARTS) is 1. The molecule has 9 amide bonds. The largest absolute Gasteiger partial charge is 0.492 e. The Kier molecular flexibility index (Phi) is 26.4. The van der Waals surface area contributed by atoms with E-state index in [2.05, 4.69) is 67.1 Å². The van der Waals surface area contributed by atoms with Crippen molar-refractivity contribution in [3.8, 4) is 5.75 Å². The fourth-order valence-electron chi connectivity index (χ4n) is 8.45. The second kappa shape index (κ2) is 31.6. The second-order valence-corrected chi connectivity index (χ2v) is 24.7. The van der Waals surface area contributed by atoms with Gasteiger partial charge in [-0.25, -0.2) is 4.79 Å². The van der Waals surface area contributed by atoms with Gasteiger partial charge in [-0.1, -0.05) is 61.3 Å². The molecule has 0 aliphatic carbocycles. The van der Waals surface area contributed by atoms with Gasteiger partial charge in [-0.3, -0.25) is 48.2 Å². The van der Waals surface area contributed by atoms with Crippen LogP contribution in [-0.4, -0.2) is 147 Å². The van der Waals surface area contributed by atoms with Crippen molar-refractivity contribution in [2.24, 2.45) is 0 Å². The molecule has 1 aromatic heterocycles. The number of fused-ring (bicyclic) bond motifs is 1. The number of aromatic amines is 1. The van der Waals surface area contributed by atoms with E-state index in [-0.39, 0.29) is 38.1 Å². The molecule has 0 bridgehead atoms. The topological polar surface area (TPSA) is 345 Å². The molecule has 11 atom stereocenters. The van der Waals surface area contributed by atoms with Crippen molar-refractivity contribution in [2.45, 2.75) is 152 Å². The third kappa shape index (κ3) is 20.1. The predicted octanol–water partition coefficient (Wildman–Crippen LogP) is 1.27. The number of hydrogen-bond acceptors (Lipinski definition) is 15. The van der Waals surface area contributed by atoms with Gasteiger partial charge in [-0.15, -0.1) is 0 Å². The van der Waals surface area contributed by atoms with Crippen molar-refractivity contribution in [1.82, 2.24) is 57.7 Å². The lowest BCUT2D eigenvalue weighted by atomic mass is 9.98. The summed E-state index contributed by atoms with van der Waals surface area (Å²) in [6.07, 6.45) is 0.0812. The molecule has 1 saturated heterocycles. The molecule has 3 unspecified atom stereocenters. The molecule has 3 aromatic rings. The molecule has 0 saturated carbocycles. The Morgan fingerprint density at radius 2 is 1.41 bits per heavy atom. The summed E-state index contributed by atoms with van der Waals surface area (Å²) >= 11 is 0. The minimum atomic E-state index is -1.67. The lowest BCUT2D eigenvalue weighted by molar-refractivity contribution is -0.142. The lowest BCUT2D eigenvalue weighted by Gasteiger charge is -2.39. The standard InChI is InChI=1S/C51H76N11O13P3S2/c1-26-12-11-13-33-31(25-53-39(26)33)23-35-44(67)56-34(14-9-10-19-52-28(3)63)43(66)61-42(48(71)59-37(49(72)73)22-30-15-17-32(18-16-30)74-21-20-54-76)51(7,8)80-79-50(5,6)41(55-29(4)64)47(70)58-36(24-38(65)62-77)45(68)60-40(27(2)75-78)46(69)57-35/h11-13,15-18,25,27,34-37,40-42,53-54H,9-10,14,19-24,76-78H2,1-8H3,(H,52,63)(H,55,64)(H,56,67)(H,57,69)(H,58,70)(H,59,71)(H,60,68)(H,61,66)(H,62,65)(H,72,73)/t27-,34+,35+,36+,37+,40+,41-,42-/m1/s1. The van der Waals surface area contributed by atoms with Crippen LogP contribution in [0.1, 0.15) is 90.8 Å². The highest BCUT2D eigenvalue weighted by Crippen LogP contribution is 2.47. The summed E-state index contributed by atoms with van der Waals surface area (Å²) in [5, 5.41) is 37.9. The minimum Gasteiger partial charge on any atom is -0.492 e. The van der Waals surface area contributed by atoms with Crippen molar-refractivity contribution in [3.63, 3.8) is 0 Å². The summed E-state index contributed by atoms with van der Waals surface area (Å²) in [7, 11) is 8.42. The number of aromatic nitrogens is 1. The number of rotatable bonds is 21. The highest BCUT2D eigenvalue weighted by Gasteiger charge is 2.45. The molecule has 2 aromatic carbocycles. The first-order valence-corrected chi connectivity index (χ1v) is 29.5. The average Bonchev–Trinajstić information content (AvgIpc) is 3.83. The number of carbonyl (C=O) groups excluding carboxylic acids is 9. The van der Waals surface area contributed by atoms with Gasteiger partial charge in [0.15, 0.2) is 0 Å². The first kappa shape index (κ1) is 66.9. The molecule has 80 heavy (non-hydrogen) atoms. The molecule has 2 heterocycles. The molecular weight excluding hydrogens is 1130 g/mol. The van der Waals surface area contributed by atoms with Crippen LogP contribution in [0.5, 0.6) is 5.75 Å². The molecule has 1 aliphatic heterocycles. The van der Waals surface area contributed by atoms with Crippen LogP contribution in [0.4, 0.5) is 0 Å². The number of para-hydroxylation sites is 1. The summed E-state index contributed by atoms with van der Waals surface area (Å²) in [4.78, 5) is 142. The number of benzene rings is 2. The van der Waals surface area contributed by atoms with Crippen molar-refractivity contribution < 1.29 is 62.3 Å². The molecule has 0 radical (unpaired) electrons. The summed E-state index contributed by atoms with van der Waals surface area (Å²) in [6, 6.07) is 1.42. The number of nitrogens with one attached hydrogen (secondary N) is 11. The maximum Gasteiger partial charge on any atom is 0.326 e. The third-order valence-corrected chi connectivity index (χ3v) is 18.2. The van der Waals surface area contributed by atoms with Crippen molar-refractivity contribution >= 4 is 120 Å². The van der Waals surface area contributed by atoms with Gasteiger partial charge < -0.3 is 67.0 Å². The van der Waals surface area contributed by atoms with E-state index in [0.29, 0.717) is 36.4 Å². The first-order valence-electron chi connectivity index (χ1n) is 25.7. The van der Waals surface area contributed by atoms with E-state index in [0.717, 1.165) is 38.1 Å². The SMILES string of the molecule is CC(=O)NCCCC[C@@H]1NC(=O)[C@H](Cc2c[nH]c3c(C)cccc23)NC(=O)[C@H]([C@@H](C)OP)NC(=O)[C@H](CC(=O)NP)NC(=O)[C@@H](NC(C)=O)C(C)(C)SSC(C)(C)[C@@H](C(=O)N[C@@H](Cc2ccc(OCCNP)cc2)C(=O)O)NC1=O. The van der Waals surface area contributed by atoms with E-state index in [1.807, 2.05) is 44.0 Å². The van der Waals surface area contributed by atoms with Crippen molar-refractivity contribution in [2.75, 3.05) is 19.7 Å². The van der Waals surface area contributed by atoms with Crippen LogP contribution in [0.3, 0.4) is 0 Å². The van der Waals surface area contributed by atoms with E-state index >= 15 is 4.79 Å². The number of amides is 9. The zero-order valence-corrected chi connectivity index (χ0v) is 51.1. The zero-order valence-electron chi connectivity index (χ0n) is 46.0. The smallest absolute Gasteiger partial charge is 0.326 e. The van der Waals surface area contributed by atoms with Crippen LogP contribution in [0.2, 0.25) is 0 Å². The molecule has 1 fully saturated rings. The van der Waals surface area contributed by atoms with Crippen molar-refractivity contribution in [1.29, 1.82) is 0 Å². The summed E-state index contributed by atoms with van der Waals surface area (Å²) < 4.78 is 8.38. The normalized spacial score (nSPS) is 21.9. The Bertz CT molecular complexity index is 2700. The minimum absolute atomic E-state index is 0.0610. The van der Waals surface area contributed by atoms with Gasteiger partial charge >= 0.3 is 5.97 Å². The molecule has 12 N–H and O–H groups in total. The van der Waals surface area contributed by atoms with E-state index in [4.69, 9.17) is 9.26 Å². The molecule has 24 nitrogen and oxygen atoms in total. The van der Waals surface area contributed by atoms with Crippen LogP contribution in [0, 0.1) is 6.92 Å². The van der Waals surface area contributed by atoms with Gasteiger partial charge in [0.05, 0.1) is 12.5 Å². The summed E-state index contributed by atoms with van der Waals surface area (Å²) in [5.74, 6) is -8.04. The number of H-pyrrole nitrogens is 1. The quantitative estimate of drug-likeness (QED) is 0.0406. The van der Waals surface area contributed by atoms with Crippen LogP contribution in [-0.2, 0) is 65.3 Å². The van der Waals surface area contributed by atoms with Gasteiger partial charge in [0.25, 0.3) is 0 Å². The number of aryl methyl sites for hydroxylation is 1. The monoisotopic (exact) mass is 1210 g/mol. The van der Waals surface area contributed by atoms with E-state index in [1.54, 1.807) is 58.2 Å². The van der Waals surface area contributed by atoms with Gasteiger partial charge in [0.2, 0.25) is 53.2 Å². The van der Waals surface area contributed by atoms with E-state index in [1.165, 1.54) is 20.8 Å². The first-order chi connectivity index (χ1) is 37.7. The van der Waals surface area contributed by atoms with Crippen LogP contribution in [0.15, 0.2) is 48.7 Å². The highest BCUT2D eigenvalue weighted by atomic mass is 33.1. The van der Waals surface area contributed by atoms with Crippen LogP contribution < -0.4 is 57.4 Å². The number of carbonyl (C=O) groups is 10. The number of ether oxygens (including phenoxy) is 1. The van der Waals surface area contributed by atoms with E-state index < -0.39 is 118 Å². The second-order valence-electron chi connectivity index (χ2n) is 20.3. The number of carboxylic acids is 1. The Hall–Kier alpha value is -5.61. The predicted molar refractivity (Wildman–Crippen MR) is 316 cm³/mol. The van der Waals surface area contributed by atoms with Gasteiger partial charge in [-0.2, -0.15) is 0 Å². The molecule has 4 rings (SSSR count). The Labute approximate surface area is 480 Å². The average molecular weight is 1210 g/mol. The third-order valence-electron chi connectivity index (χ3n) is 13.0. The van der Waals surface area contributed by atoms with Crippen molar-refractivity contribution in [3.05, 3.63) is 65.4 Å². The molecular formula is C51H76N11O13P3S2. The maximum atomic E-state index is 15.0. The Morgan fingerprint density at radius 1 is 0.775 bits per heavy atom. The number of aliphatic carboxylic acids is 1. The van der Waals surface area contributed by atoms with Gasteiger partial charge in [0, 0.05) is 75.8 Å². The van der Waals surface area contributed by atoms with E-state index in [9.17, 15) is 48.3 Å². The molecule has 1 aliphatic rings. The molecule has 0 spiro atoms. The van der Waals surface area contributed by atoms with Crippen LogP contribution in [0.25, 0.3) is 10.9 Å². The van der Waals surface area contributed by atoms with Gasteiger partial charge in [-0.05, 0) is 99.0 Å². The summed E-state index contributed by atoms with van der Waals surface area (Å²) in [5.41, 5.74) is 2.77. The highest BCUT2D eigenvalue weighted by molar-refractivity contribution is 8.77. The Balaban J connectivity index is 1.91. The summed E-state index contributed by atoms with van der Waals surface area (Å²) in [6.45, 7) is 13.4. The zero-order chi connectivity index (χ0) is 59.5. The number of unbranched alkanes of at least 4 members (excludes halogenated alkanes) is 1. The Morgan fingerprint density at radius 3 is 2.04 bits per heavy atom. The van der Waals surface area contributed by atoms with Crippen LogP contribution >= 0.6 is 49.8 Å². The fourth-order valence-corrected chi connectivity index (χ4v) is 11.7.